The Labute approximate surface area is 122 Å². The van der Waals surface area contributed by atoms with Crippen molar-refractivity contribution in [2.45, 2.75) is 20.4 Å². The van der Waals surface area contributed by atoms with Crippen LogP contribution in [-0.4, -0.2) is 16.5 Å². The van der Waals surface area contributed by atoms with E-state index in [0.717, 1.165) is 34.6 Å². The molecule has 0 aliphatic heterocycles. The number of hydrogen-bond donors (Lipinski definition) is 1. The third-order valence-corrected chi connectivity index (χ3v) is 3.15. The van der Waals surface area contributed by atoms with Crippen LogP contribution < -0.4 is 5.32 Å². The third-order valence-electron chi connectivity index (χ3n) is 2.65. The number of rotatable bonds is 5. The van der Waals surface area contributed by atoms with Gasteiger partial charge in [-0.05, 0) is 30.7 Å². The van der Waals surface area contributed by atoms with Gasteiger partial charge in [-0.15, -0.1) is 0 Å². The molecule has 0 radical (unpaired) electrons. The molecule has 1 N–H and O–H groups in total. The largest absolute Gasteiger partial charge is 0.311 e. The number of benzene rings is 1. The van der Waals surface area contributed by atoms with Gasteiger partial charge in [0.05, 0.1) is 5.69 Å². The lowest BCUT2D eigenvalue weighted by Crippen LogP contribution is -2.19. The van der Waals surface area contributed by atoms with Crippen molar-refractivity contribution < 1.29 is 0 Å². The second kappa shape index (κ2) is 6.78. The maximum absolute atomic E-state index is 4.59. The summed E-state index contributed by atoms with van der Waals surface area (Å²) in [7, 11) is 0. The van der Waals surface area contributed by atoms with Gasteiger partial charge in [-0.2, -0.15) is 0 Å². The first kappa shape index (κ1) is 14.2. The zero-order valence-electron chi connectivity index (χ0n) is 11.2. The van der Waals surface area contributed by atoms with Crippen molar-refractivity contribution >= 4 is 15.9 Å². The van der Waals surface area contributed by atoms with Gasteiger partial charge in [0, 0.05) is 22.8 Å². The Kier molecular flexibility index (Phi) is 5.05. The summed E-state index contributed by atoms with van der Waals surface area (Å²) in [5, 5.41) is 3.39. The fourth-order valence-corrected chi connectivity index (χ4v) is 2.15. The summed E-state index contributed by atoms with van der Waals surface area (Å²) in [6.45, 7) is 6.16. The van der Waals surface area contributed by atoms with E-state index >= 15 is 0 Å². The first-order valence-corrected chi connectivity index (χ1v) is 7.23. The SMILES string of the molecule is CC(C)CNCc1ccnc(-c2cccc(Br)c2)n1. The number of halogens is 1. The van der Waals surface area contributed by atoms with Crippen LogP contribution in [0.4, 0.5) is 0 Å². The van der Waals surface area contributed by atoms with Gasteiger partial charge in [0.15, 0.2) is 5.82 Å². The molecule has 0 aliphatic rings. The number of nitrogens with zero attached hydrogens (tertiary/aromatic N) is 2. The molecule has 0 saturated heterocycles. The molecule has 4 heteroatoms. The summed E-state index contributed by atoms with van der Waals surface area (Å²) in [6.07, 6.45) is 1.82. The molecule has 0 aliphatic carbocycles. The van der Waals surface area contributed by atoms with Crippen molar-refractivity contribution in [2.24, 2.45) is 5.92 Å². The molecule has 2 aromatic rings. The van der Waals surface area contributed by atoms with Gasteiger partial charge in [0.25, 0.3) is 0 Å². The molecule has 2 rings (SSSR count). The smallest absolute Gasteiger partial charge is 0.159 e. The van der Waals surface area contributed by atoms with E-state index < -0.39 is 0 Å². The number of aromatic nitrogens is 2. The minimum atomic E-state index is 0.645. The van der Waals surface area contributed by atoms with Crippen LogP contribution in [0.15, 0.2) is 41.0 Å². The summed E-state index contributed by atoms with van der Waals surface area (Å²) in [6, 6.07) is 9.99. The van der Waals surface area contributed by atoms with E-state index in [4.69, 9.17) is 0 Å². The molecule has 0 atom stereocenters. The molecule has 1 aromatic carbocycles. The molecule has 0 bridgehead atoms. The topological polar surface area (TPSA) is 37.8 Å². The molecule has 3 nitrogen and oxygen atoms in total. The van der Waals surface area contributed by atoms with E-state index in [1.54, 1.807) is 0 Å². The monoisotopic (exact) mass is 319 g/mol. The molecule has 1 heterocycles. The second-order valence-corrected chi connectivity index (χ2v) is 5.82. The molecule has 100 valence electrons. The Hall–Kier alpha value is -1.26. The molecule has 19 heavy (non-hydrogen) atoms. The van der Waals surface area contributed by atoms with Crippen LogP contribution in [0, 0.1) is 5.92 Å². The van der Waals surface area contributed by atoms with Gasteiger partial charge in [-0.1, -0.05) is 41.9 Å². The van der Waals surface area contributed by atoms with Gasteiger partial charge in [-0.25, -0.2) is 9.97 Å². The van der Waals surface area contributed by atoms with Crippen molar-refractivity contribution in [3.63, 3.8) is 0 Å². The highest BCUT2D eigenvalue weighted by Gasteiger charge is 2.03. The highest BCUT2D eigenvalue weighted by atomic mass is 79.9. The van der Waals surface area contributed by atoms with Crippen LogP contribution in [-0.2, 0) is 6.54 Å². The fourth-order valence-electron chi connectivity index (χ4n) is 1.75. The van der Waals surface area contributed by atoms with E-state index in [1.165, 1.54) is 0 Å². The summed E-state index contributed by atoms with van der Waals surface area (Å²) in [5.74, 6) is 1.41. The molecule has 1 aromatic heterocycles. The van der Waals surface area contributed by atoms with E-state index in [9.17, 15) is 0 Å². The van der Waals surface area contributed by atoms with Crippen LogP contribution in [0.5, 0.6) is 0 Å². The van der Waals surface area contributed by atoms with Crippen LogP contribution >= 0.6 is 15.9 Å². The number of nitrogens with one attached hydrogen (secondary N) is 1. The van der Waals surface area contributed by atoms with Gasteiger partial charge in [0.2, 0.25) is 0 Å². The first-order chi connectivity index (χ1) is 9.15. The fraction of sp³-hybridized carbons (Fsp3) is 0.333. The van der Waals surface area contributed by atoms with Gasteiger partial charge >= 0.3 is 0 Å². The van der Waals surface area contributed by atoms with Crippen LogP contribution in [0.1, 0.15) is 19.5 Å². The van der Waals surface area contributed by atoms with Crippen molar-refractivity contribution in [1.82, 2.24) is 15.3 Å². The van der Waals surface area contributed by atoms with E-state index in [1.807, 2.05) is 36.5 Å². The summed E-state index contributed by atoms with van der Waals surface area (Å²) in [4.78, 5) is 8.92. The molecule has 0 amide bonds. The zero-order chi connectivity index (χ0) is 13.7. The van der Waals surface area contributed by atoms with Gasteiger partial charge in [-0.3, -0.25) is 0 Å². The highest BCUT2D eigenvalue weighted by molar-refractivity contribution is 9.10. The maximum atomic E-state index is 4.59. The van der Waals surface area contributed by atoms with Crippen molar-refractivity contribution in [3.05, 3.63) is 46.7 Å². The lowest BCUT2D eigenvalue weighted by Gasteiger charge is -2.08. The number of hydrogen-bond acceptors (Lipinski definition) is 3. The zero-order valence-corrected chi connectivity index (χ0v) is 12.8. The van der Waals surface area contributed by atoms with E-state index in [0.29, 0.717) is 5.92 Å². The Morgan fingerprint density at radius 3 is 2.84 bits per heavy atom. The lowest BCUT2D eigenvalue weighted by atomic mass is 10.2. The third kappa shape index (κ3) is 4.40. The van der Waals surface area contributed by atoms with Crippen LogP contribution in [0.25, 0.3) is 11.4 Å². The molecule has 0 saturated carbocycles. The molecule has 0 fully saturated rings. The highest BCUT2D eigenvalue weighted by Crippen LogP contribution is 2.19. The molecular formula is C15H18BrN3. The Morgan fingerprint density at radius 2 is 2.11 bits per heavy atom. The lowest BCUT2D eigenvalue weighted by molar-refractivity contribution is 0.548. The van der Waals surface area contributed by atoms with Gasteiger partial charge < -0.3 is 5.32 Å². The van der Waals surface area contributed by atoms with Gasteiger partial charge in [0.1, 0.15) is 0 Å². The minimum Gasteiger partial charge on any atom is -0.311 e. The van der Waals surface area contributed by atoms with Crippen molar-refractivity contribution in [3.8, 4) is 11.4 Å². The van der Waals surface area contributed by atoms with Crippen molar-refractivity contribution in [1.29, 1.82) is 0 Å². The Bertz CT molecular complexity index is 540. The summed E-state index contributed by atoms with van der Waals surface area (Å²) < 4.78 is 1.04. The Morgan fingerprint density at radius 1 is 1.26 bits per heavy atom. The quantitative estimate of drug-likeness (QED) is 0.914. The average molecular weight is 320 g/mol. The summed E-state index contributed by atoms with van der Waals surface area (Å²) >= 11 is 3.47. The van der Waals surface area contributed by atoms with Crippen molar-refractivity contribution in [2.75, 3.05) is 6.54 Å². The normalized spacial score (nSPS) is 10.9. The Balaban J connectivity index is 2.11. The summed E-state index contributed by atoms with van der Waals surface area (Å²) in [5.41, 5.74) is 2.05. The molecular weight excluding hydrogens is 302 g/mol. The predicted octanol–water partition coefficient (Wildman–Crippen LogP) is 3.65. The standard InChI is InChI=1S/C15H18BrN3/c1-11(2)9-17-10-14-6-7-18-15(19-14)12-4-3-5-13(16)8-12/h3-8,11,17H,9-10H2,1-2H3. The maximum Gasteiger partial charge on any atom is 0.159 e. The molecule has 0 spiro atoms. The van der Waals surface area contributed by atoms with Crippen LogP contribution in [0.2, 0.25) is 0 Å². The second-order valence-electron chi connectivity index (χ2n) is 4.91. The average Bonchev–Trinajstić information content (AvgIpc) is 2.39. The minimum absolute atomic E-state index is 0.645. The predicted molar refractivity (Wildman–Crippen MR) is 81.7 cm³/mol. The van der Waals surface area contributed by atoms with E-state index in [-0.39, 0.29) is 0 Å². The first-order valence-electron chi connectivity index (χ1n) is 6.43. The van der Waals surface area contributed by atoms with Crippen LogP contribution in [0.3, 0.4) is 0 Å². The van der Waals surface area contributed by atoms with E-state index in [2.05, 4.69) is 45.1 Å². The molecule has 0 unspecified atom stereocenters.